The summed E-state index contributed by atoms with van der Waals surface area (Å²) in [6.07, 6.45) is 6.40. The van der Waals surface area contributed by atoms with Crippen LogP contribution in [0.1, 0.15) is 36.2 Å². The lowest BCUT2D eigenvalue weighted by Crippen LogP contribution is -2.46. The molecule has 3 rings (SSSR count). The van der Waals surface area contributed by atoms with Crippen molar-refractivity contribution in [3.63, 3.8) is 0 Å². The van der Waals surface area contributed by atoms with Crippen molar-refractivity contribution in [1.82, 2.24) is 10.2 Å². The Morgan fingerprint density at radius 1 is 1.35 bits per heavy atom. The van der Waals surface area contributed by atoms with Gasteiger partial charge in [-0.2, -0.15) is 0 Å². The van der Waals surface area contributed by atoms with Crippen LogP contribution in [0.3, 0.4) is 0 Å². The molecule has 0 spiro atoms. The molecule has 92 valence electrons. The second-order valence-corrected chi connectivity index (χ2v) is 4.95. The summed E-state index contributed by atoms with van der Waals surface area (Å²) in [6.45, 7) is 2.31. The molecule has 17 heavy (non-hydrogen) atoms. The fraction of sp³-hybridized carbons (Fsp3) is 0.615. The molecule has 1 N–H and O–H groups in total. The molecule has 3 heterocycles. The maximum Gasteiger partial charge on any atom is 0.287 e. The summed E-state index contributed by atoms with van der Waals surface area (Å²) >= 11 is 0. The van der Waals surface area contributed by atoms with Crippen LogP contribution in [0.5, 0.6) is 0 Å². The predicted octanol–water partition coefficient (Wildman–Crippen LogP) is 1.64. The summed E-state index contributed by atoms with van der Waals surface area (Å²) in [4.78, 5) is 14.4. The van der Waals surface area contributed by atoms with Gasteiger partial charge < -0.3 is 9.73 Å². The van der Waals surface area contributed by atoms with E-state index in [2.05, 4.69) is 10.2 Å². The zero-order chi connectivity index (χ0) is 11.7. The average Bonchev–Trinajstić information content (AvgIpc) is 2.98. The van der Waals surface area contributed by atoms with E-state index in [1.54, 1.807) is 12.1 Å². The first kappa shape index (κ1) is 10.8. The molecular weight excluding hydrogens is 216 g/mol. The lowest BCUT2D eigenvalue weighted by molar-refractivity contribution is 0.0887. The van der Waals surface area contributed by atoms with Crippen LogP contribution in [0.4, 0.5) is 0 Å². The quantitative estimate of drug-likeness (QED) is 0.846. The lowest BCUT2D eigenvalue weighted by atomic mass is 9.99. The molecule has 0 aliphatic carbocycles. The molecule has 2 aliphatic heterocycles. The third-order valence-corrected chi connectivity index (χ3v) is 3.92. The number of fused-ring (bicyclic) bond motifs is 1. The summed E-state index contributed by atoms with van der Waals surface area (Å²) in [5.74, 6) is 0.340. The van der Waals surface area contributed by atoms with Gasteiger partial charge >= 0.3 is 0 Å². The summed E-state index contributed by atoms with van der Waals surface area (Å²) in [7, 11) is 0. The van der Waals surface area contributed by atoms with Crippen LogP contribution in [-0.4, -0.2) is 36.0 Å². The van der Waals surface area contributed by atoms with Gasteiger partial charge in [0.25, 0.3) is 5.91 Å². The number of carbonyl (C=O) groups is 1. The summed E-state index contributed by atoms with van der Waals surface area (Å²) < 4.78 is 5.12. The predicted molar refractivity (Wildman–Crippen MR) is 63.8 cm³/mol. The fourth-order valence-corrected chi connectivity index (χ4v) is 3.06. The molecule has 2 atom stereocenters. The minimum Gasteiger partial charge on any atom is -0.459 e. The number of carbonyl (C=O) groups excluding carboxylic acids is 1. The number of hydrogen-bond donors (Lipinski definition) is 1. The first-order valence-electron chi connectivity index (χ1n) is 6.43. The van der Waals surface area contributed by atoms with Crippen molar-refractivity contribution in [2.45, 2.75) is 37.8 Å². The van der Waals surface area contributed by atoms with E-state index in [1.165, 1.54) is 32.1 Å². The van der Waals surface area contributed by atoms with E-state index >= 15 is 0 Å². The van der Waals surface area contributed by atoms with Crippen LogP contribution in [0.15, 0.2) is 22.8 Å². The van der Waals surface area contributed by atoms with Crippen LogP contribution < -0.4 is 5.32 Å². The maximum absolute atomic E-state index is 11.9. The van der Waals surface area contributed by atoms with Crippen molar-refractivity contribution in [2.24, 2.45) is 0 Å². The Balaban J connectivity index is 1.64. The SMILES string of the molecule is O=C(N[C@@H]1CCN2CCCC[C@@H]12)c1ccco1. The van der Waals surface area contributed by atoms with Gasteiger partial charge in [0.15, 0.2) is 5.76 Å². The van der Waals surface area contributed by atoms with Crippen LogP contribution in [0.25, 0.3) is 0 Å². The second-order valence-electron chi connectivity index (χ2n) is 4.95. The molecule has 0 aromatic carbocycles. The summed E-state index contributed by atoms with van der Waals surface area (Å²) in [5.41, 5.74) is 0. The smallest absolute Gasteiger partial charge is 0.287 e. The highest BCUT2D eigenvalue weighted by Crippen LogP contribution is 2.27. The molecule has 2 fully saturated rings. The molecule has 0 radical (unpaired) electrons. The molecule has 2 aliphatic rings. The van der Waals surface area contributed by atoms with E-state index in [1.807, 2.05) is 0 Å². The van der Waals surface area contributed by atoms with Crippen LogP contribution in [0, 0.1) is 0 Å². The van der Waals surface area contributed by atoms with Gasteiger partial charge in [-0.3, -0.25) is 9.69 Å². The van der Waals surface area contributed by atoms with E-state index in [4.69, 9.17) is 4.42 Å². The Morgan fingerprint density at radius 3 is 3.12 bits per heavy atom. The van der Waals surface area contributed by atoms with Crippen molar-refractivity contribution in [3.8, 4) is 0 Å². The fourth-order valence-electron chi connectivity index (χ4n) is 3.06. The van der Waals surface area contributed by atoms with Crippen molar-refractivity contribution in [2.75, 3.05) is 13.1 Å². The zero-order valence-corrected chi connectivity index (χ0v) is 9.89. The number of furan rings is 1. The van der Waals surface area contributed by atoms with E-state index in [-0.39, 0.29) is 5.91 Å². The van der Waals surface area contributed by atoms with Crippen LogP contribution >= 0.6 is 0 Å². The highest BCUT2D eigenvalue weighted by Gasteiger charge is 2.36. The third kappa shape index (κ3) is 2.09. The molecule has 1 aromatic heterocycles. The Morgan fingerprint density at radius 2 is 2.29 bits per heavy atom. The Labute approximate surface area is 101 Å². The van der Waals surface area contributed by atoms with Crippen LogP contribution in [0.2, 0.25) is 0 Å². The minimum absolute atomic E-state index is 0.0765. The minimum atomic E-state index is -0.0765. The van der Waals surface area contributed by atoms with Gasteiger partial charge in [-0.25, -0.2) is 0 Å². The van der Waals surface area contributed by atoms with Crippen molar-refractivity contribution in [3.05, 3.63) is 24.2 Å². The summed E-state index contributed by atoms with van der Waals surface area (Å²) in [6, 6.07) is 4.30. The van der Waals surface area contributed by atoms with E-state index in [0.717, 1.165) is 13.0 Å². The normalized spacial score (nSPS) is 28.9. The molecule has 0 bridgehead atoms. The zero-order valence-electron chi connectivity index (χ0n) is 9.89. The van der Waals surface area contributed by atoms with Gasteiger partial charge in [0.2, 0.25) is 0 Å². The number of nitrogens with zero attached hydrogens (tertiary/aromatic N) is 1. The molecule has 1 aromatic rings. The number of rotatable bonds is 2. The van der Waals surface area contributed by atoms with Crippen molar-refractivity contribution < 1.29 is 9.21 Å². The summed E-state index contributed by atoms with van der Waals surface area (Å²) in [5, 5.41) is 3.11. The Bertz CT molecular complexity index is 388. The third-order valence-electron chi connectivity index (χ3n) is 3.92. The first-order chi connectivity index (χ1) is 8.34. The average molecular weight is 234 g/mol. The highest BCUT2D eigenvalue weighted by atomic mass is 16.3. The second kappa shape index (κ2) is 4.53. The lowest BCUT2D eigenvalue weighted by Gasteiger charge is -2.32. The van der Waals surface area contributed by atoms with Gasteiger partial charge in [0.05, 0.1) is 6.26 Å². The van der Waals surface area contributed by atoms with Gasteiger partial charge in [-0.05, 0) is 37.9 Å². The highest BCUT2D eigenvalue weighted by molar-refractivity contribution is 5.91. The van der Waals surface area contributed by atoms with Crippen LogP contribution in [-0.2, 0) is 0 Å². The Hall–Kier alpha value is -1.29. The van der Waals surface area contributed by atoms with Crippen molar-refractivity contribution in [1.29, 1.82) is 0 Å². The number of amides is 1. The maximum atomic E-state index is 11.9. The van der Waals surface area contributed by atoms with E-state index in [9.17, 15) is 4.79 Å². The molecule has 0 unspecified atom stereocenters. The Kier molecular flexibility index (Phi) is 2.89. The largest absolute Gasteiger partial charge is 0.459 e. The standard InChI is InChI=1S/C13H18N2O2/c16-13(12-5-3-9-17-12)14-10-6-8-15-7-2-1-4-11(10)15/h3,5,9-11H,1-2,4,6-8H2,(H,14,16)/t10-,11+/m1/s1. The van der Waals surface area contributed by atoms with Crippen molar-refractivity contribution >= 4 is 5.91 Å². The number of nitrogens with one attached hydrogen (secondary N) is 1. The van der Waals surface area contributed by atoms with Gasteiger partial charge in [0, 0.05) is 18.6 Å². The topological polar surface area (TPSA) is 45.5 Å². The molecule has 2 saturated heterocycles. The number of hydrogen-bond acceptors (Lipinski definition) is 3. The molecule has 0 saturated carbocycles. The van der Waals surface area contributed by atoms with Gasteiger partial charge in [-0.1, -0.05) is 6.42 Å². The van der Waals surface area contributed by atoms with Gasteiger partial charge in [-0.15, -0.1) is 0 Å². The van der Waals surface area contributed by atoms with Gasteiger partial charge in [0.1, 0.15) is 0 Å². The number of piperidine rings is 1. The van der Waals surface area contributed by atoms with E-state index < -0.39 is 0 Å². The molecule has 4 heteroatoms. The first-order valence-corrected chi connectivity index (χ1v) is 6.43. The molecule has 1 amide bonds. The molecular formula is C13H18N2O2. The monoisotopic (exact) mass is 234 g/mol. The van der Waals surface area contributed by atoms with E-state index in [0.29, 0.717) is 17.8 Å². The molecule has 4 nitrogen and oxygen atoms in total.